The van der Waals surface area contributed by atoms with Gasteiger partial charge in [-0.05, 0) is 31.7 Å². The lowest BCUT2D eigenvalue weighted by atomic mass is 10.1. The second-order valence-electron chi connectivity index (χ2n) is 5.01. The minimum Gasteiger partial charge on any atom is -0.490 e. The van der Waals surface area contributed by atoms with Crippen molar-refractivity contribution >= 4 is 11.5 Å². The summed E-state index contributed by atoms with van der Waals surface area (Å²) in [6, 6.07) is 5.13. The average molecular weight is 278 g/mol. The molecule has 5 heteroatoms. The first-order valence-electron chi connectivity index (χ1n) is 6.97. The van der Waals surface area contributed by atoms with Gasteiger partial charge in [-0.1, -0.05) is 6.92 Å². The molecule has 2 rings (SSSR count). The minimum atomic E-state index is -0.0490. The Morgan fingerprint density at radius 3 is 3.05 bits per heavy atom. The molecule has 0 aliphatic carbocycles. The number of anilines is 1. The molecule has 1 saturated heterocycles. The van der Waals surface area contributed by atoms with Gasteiger partial charge in [0.05, 0.1) is 12.2 Å². The highest BCUT2D eigenvalue weighted by Crippen LogP contribution is 2.22. The predicted molar refractivity (Wildman–Crippen MR) is 78.2 cm³/mol. The van der Waals surface area contributed by atoms with Crippen molar-refractivity contribution < 1.29 is 14.3 Å². The second-order valence-corrected chi connectivity index (χ2v) is 5.01. The third-order valence-corrected chi connectivity index (χ3v) is 3.48. The summed E-state index contributed by atoms with van der Waals surface area (Å²) < 4.78 is 11.4. The van der Waals surface area contributed by atoms with E-state index in [-0.39, 0.29) is 11.9 Å². The maximum Gasteiger partial charge on any atom is 0.163 e. The molecule has 1 aromatic rings. The fraction of sp³-hybridized carbons (Fsp3) is 0.533. The van der Waals surface area contributed by atoms with E-state index in [2.05, 4.69) is 11.8 Å². The molecule has 0 amide bonds. The number of carbonyl (C=O) groups is 1. The van der Waals surface area contributed by atoms with E-state index >= 15 is 0 Å². The summed E-state index contributed by atoms with van der Waals surface area (Å²) in [6.45, 7) is 7.66. The van der Waals surface area contributed by atoms with E-state index in [1.807, 2.05) is 0 Å². The maximum absolute atomic E-state index is 11.6. The van der Waals surface area contributed by atoms with Gasteiger partial charge in [0, 0.05) is 18.8 Å². The number of morpholine rings is 1. The van der Waals surface area contributed by atoms with Crippen LogP contribution >= 0.6 is 0 Å². The van der Waals surface area contributed by atoms with E-state index in [9.17, 15) is 4.79 Å². The smallest absolute Gasteiger partial charge is 0.163 e. The van der Waals surface area contributed by atoms with Crippen molar-refractivity contribution in [1.29, 1.82) is 0 Å². The van der Waals surface area contributed by atoms with Crippen molar-refractivity contribution in [2.45, 2.75) is 20.0 Å². The Morgan fingerprint density at radius 2 is 2.35 bits per heavy atom. The summed E-state index contributed by atoms with van der Waals surface area (Å²) in [5.41, 5.74) is 6.79. The first-order chi connectivity index (χ1) is 9.60. The molecule has 2 N–H and O–H groups in total. The van der Waals surface area contributed by atoms with Crippen molar-refractivity contribution in [3.05, 3.63) is 23.8 Å². The Balaban J connectivity index is 1.98. The van der Waals surface area contributed by atoms with Gasteiger partial charge in [-0.25, -0.2) is 0 Å². The number of Topliss-reactive ketones (excluding diaryl/α,β-unsaturated/α-hetero) is 1. The topological polar surface area (TPSA) is 64.8 Å². The lowest BCUT2D eigenvalue weighted by Gasteiger charge is -2.32. The number of carbonyl (C=O) groups excluding carboxylic acids is 1. The molecule has 20 heavy (non-hydrogen) atoms. The van der Waals surface area contributed by atoms with Gasteiger partial charge in [0.2, 0.25) is 0 Å². The van der Waals surface area contributed by atoms with E-state index in [1.54, 1.807) is 18.2 Å². The second kappa shape index (κ2) is 6.72. The summed E-state index contributed by atoms with van der Waals surface area (Å²) in [5.74, 6) is 0.524. The number of rotatable bonds is 5. The first kappa shape index (κ1) is 14.8. The van der Waals surface area contributed by atoms with E-state index in [0.717, 1.165) is 26.2 Å². The van der Waals surface area contributed by atoms with Crippen molar-refractivity contribution in [3.63, 3.8) is 0 Å². The third kappa shape index (κ3) is 3.71. The SMILES string of the molecule is CCN1CCOC(COc2ccc(N)cc2C(C)=O)C1. The van der Waals surface area contributed by atoms with Crippen LogP contribution in [0.5, 0.6) is 5.75 Å². The monoisotopic (exact) mass is 278 g/mol. The Morgan fingerprint density at radius 1 is 1.55 bits per heavy atom. The van der Waals surface area contributed by atoms with E-state index in [4.69, 9.17) is 15.2 Å². The molecule has 0 spiro atoms. The van der Waals surface area contributed by atoms with Gasteiger partial charge in [-0.2, -0.15) is 0 Å². The summed E-state index contributed by atoms with van der Waals surface area (Å²) in [7, 11) is 0. The Labute approximate surface area is 119 Å². The Kier molecular flexibility index (Phi) is 4.98. The van der Waals surface area contributed by atoms with Crippen LogP contribution in [-0.2, 0) is 4.74 Å². The largest absolute Gasteiger partial charge is 0.490 e. The minimum absolute atomic E-state index is 0.0426. The fourth-order valence-corrected chi connectivity index (χ4v) is 2.30. The van der Waals surface area contributed by atoms with Crippen LogP contribution in [0.25, 0.3) is 0 Å². The lowest BCUT2D eigenvalue weighted by molar-refractivity contribution is -0.0464. The summed E-state index contributed by atoms with van der Waals surface area (Å²) in [6.07, 6.45) is 0.0426. The molecule has 1 aliphatic rings. The quantitative estimate of drug-likeness (QED) is 0.654. The number of hydrogen-bond acceptors (Lipinski definition) is 5. The highest BCUT2D eigenvalue weighted by Gasteiger charge is 2.20. The van der Waals surface area contributed by atoms with Crippen LogP contribution < -0.4 is 10.5 Å². The van der Waals surface area contributed by atoms with Gasteiger partial charge in [0.15, 0.2) is 5.78 Å². The molecular weight excluding hydrogens is 256 g/mol. The van der Waals surface area contributed by atoms with Gasteiger partial charge in [0.25, 0.3) is 0 Å². The first-order valence-corrected chi connectivity index (χ1v) is 6.97. The molecule has 110 valence electrons. The molecule has 0 saturated carbocycles. The van der Waals surface area contributed by atoms with Crippen LogP contribution in [0.2, 0.25) is 0 Å². The average Bonchev–Trinajstić information content (AvgIpc) is 2.46. The van der Waals surface area contributed by atoms with Crippen molar-refractivity contribution in [2.75, 3.05) is 38.6 Å². The van der Waals surface area contributed by atoms with Crippen LogP contribution in [0.15, 0.2) is 18.2 Å². The zero-order chi connectivity index (χ0) is 14.5. The normalized spacial score (nSPS) is 19.8. The van der Waals surface area contributed by atoms with E-state index in [1.165, 1.54) is 6.92 Å². The van der Waals surface area contributed by atoms with Crippen LogP contribution in [0, 0.1) is 0 Å². The highest BCUT2D eigenvalue weighted by atomic mass is 16.5. The van der Waals surface area contributed by atoms with E-state index in [0.29, 0.717) is 23.6 Å². The Bertz CT molecular complexity index is 476. The number of ether oxygens (including phenoxy) is 2. The van der Waals surface area contributed by atoms with Crippen molar-refractivity contribution in [1.82, 2.24) is 4.90 Å². The van der Waals surface area contributed by atoms with Crippen LogP contribution in [0.1, 0.15) is 24.2 Å². The molecule has 0 bridgehead atoms. The number of nitrogens with two attached hydrogens (primary N) is 1. The van der Waals surface area contributed by atoms with Crippen LogP contribution in [0.3, 0.4) is 0 Å². The molecule has 1 aliphatic heterocycles. The number of nitrogen functional groups attached to an aromatic ring is 1. The highest BCUT2D eigenvalue weighted by molar-refractivity contribution is 5.97. The summed E-state index contributed by atoms with van der Waals surface area (Å²) in [5, 5.41) is 0. The van der Waals surface area contributed by atoms with Gasteiger partial charge in [-0.15, -0.1) is 0 Å². The molecule has 0 aromatic heterocycles. The molecular formula is C15H22N2O3. The van der Waals surface area contributed by atoms with Crippen LogP contribution in [-0.4, -0.2) is 49.6 Å². The van der Waals surface area contributed by atoms with Gasteiger partial charge in [0.1, 0.15) is 18.5 Å². The molecule has 0 radical (unpaired) electrons. The molecule has 1 atom stereocenters. The van der Waals surface area contributed by atoms with Gasteiger partial charge >= 0.3 is 0 Å². The summed E-state index contributed by atoms with van der Waals surface area (Å²) in [4.78, 5) is 13.9. The number of benzene rings is 1. The summed E-state index contributed by atoms with van der Waals surface area (Å²) >= 11 is 0. The Hall–Kier alpha value is -1.59. The van der Waals surface area contributed by atoms with Gasteiger partial charge in [-0.3, -0.25) is 9.69 Å². The van der Waals surface area contributed by atoms with Crippen molar-refractivity contribution in [3.8, 4) is 5.75 Å². The molecule has 1 heterocycles. The molecule has 5 nitrogen and oxygen atoms in total. The number of ketones is 1. The lowest BCUT2D eigenvalue weighted by Crippen LogP contribution is -2.44. The van der Waals surface area contributed by atoms with Gasteiger partial charge < -0.3 is 15.2 Å². The maximum atomic E-state index is 11.6. The third-order valence-electron chi connectivity index (χ3n) is 3.48. The van der Waals surface area contributed by atoms with Crippen molar-refractivity contribution in [2.24, 2.45) is 0 Å². The number of nitrogens with zero attached hydrogens (tertiary/aromatic N) is 1. The standard InChI is InChI=1S/C15H22N2O3/c1-3-17-6-7-19-13(9-17)10-20-15-5-4-12(16)8-14(15)11(2)18/h4-5,8,13H,3,6-7,9-10,16H2,1-2H3. The van der Waals surface area contributed by atoms with E-state index < -0.39 is 0 Å². The number of likely N-dealkylation sites (N-methyl/N-ethyl adjacent to an activating group) is 1. The number of hydrogen-bond donors (Lipinski definition) is 1. The predicted octanol–water partition coefficient (Wildman–Crippen LogP) is 1.57. The fourth-order valence-electron chi connectivity index (χ4n) is 2.30. The zero-order valence-corrected chi connectivity index (χ0v) is 12.1. The zero-order valence-electron chi connectivity index (χ0n) is 12.1. The molecule has 1 unspecified atom stereocenters. The molecule has 1 fully saturated rings. The molecule has 1 aromatic carbocycles. The van der Waals surface area contributed by atoms with Crippen LogP contribution in [0.4, 0.5) is 5.69 Å².